The molecule has 1 saturated heterocycles. The van der Waals surface area contributed by atoms with Crippen LogP contribution < -0.4 is 9.64 Å². The SMILES string of the molecule is CCOc1ccc(/C(O)=C2\C(=O)C(=O)N(c3nc4ccc(CC)cc4s3)[C@H]2c2cccc(Cl)c2)cc1. The molecule has 0 radical (unpaired) electrons. The fraction of sp³-hybridized carbons (Fsp3) is 0.179. The number of Topliss-reactive ketones (excluding diaryl/α,β-unsaturated/α-hetero) is 1. The van der Waals surface area contributed by atoms with Gasteiger partial charge in [0, 0.05) is 10.6 Å². The number of aliphatic hydroxyl groups excluding tert-OH is 1. The summed E-state index contributed by atoms with van der Waals surface area (Å²) in [6.07, 6.45) is 0.873. The molecule has 6 nitrogen and oxygen atoms in total. The van der Waals surface area contributed by atoms with Crippen LogP contribution in [0, 0.1) is 0 Å². The fourth-order valence-corrected chi connectivity index (χ4v) is 5.59. The van der Waals surface area contributed by atoms with E-state index in [1.54, 1.807) is 48.5 Å². The summed E-state index contributed by atoms with van der Waals surface area (Å²) < 4.78 is 6.40. The van der Waals surface area contributed by atoms with Crippen molar-refractivity contribution in [3.8, 4) is 5.75 Å². The summed E-state index contributed by atoms with van der Waals surface area (Å²) in [7, 11) is 0. The Hall–Kier alpha value is -3.68. The van der Waals surface area contributed by atoms with E-state index in [9.17, 15) is 14.7 Å². The Labute approximate surface area is 217 Å². The molecule has 0 saturated carbocycles. The lowest BCUT2D eigenvalue weighted by Gasteiger charge is -2.23. The molecule has 1 aromatic heterocycles. The number of hydrogen-bond acceptors (Lipinski definition) is 6. The molecule has 3 aromatic carbocycles. The number of anilines is 1. The second-order valence-corrected chi connectivity index (χ2v) is 9.78. The average molecular weight is 519 g/mol. The Balaban J connectivity index is 1.68. The third-order valence-electron chi connectivity index (χ3n) is 6.10. The number of nitrogens with zero attached hydrogens (tertiary/aromatic N) is 2. The summed E-state index contributed by atoms with van der Waals surface area (Å²) >= 11 is 7.62. The van der Waals surface area contributed by atoms with Gasteiger partial charge in [-0.15, -0.1) is 0 Å². The molecule has 1 aliphatic heterocycles. The Morgan fingerprint density at radius 1 is 1.08 bits per heavy atom. The standard InChI is InChI=1S/C28H23ClN2O4S/c1-3-16-8-13-21-22(14-16)36-28(30-21)31-24(18-6-5-7-19(29)15-18)23(26(33)27(31)34)25(32)17-9-11-20(12-10-17)35-4-2/h5-15,24,32H,3-4H2,1-2H3/b25-23+/t24-/m0/s1. The summed E-state index contributed by atoms with van der Waals surface area (Å²) in [6.45, 7) is 4.46. The van der Waals surface area contributed by atoms with Gasteiger partial charge in [0.15, 0.2) is 5.13 Å². The predicted molar refractivity (Wildman–Crippen MR) is 143 cm³/mol. The maximum atomic E-state index is 13.4. The van der Waals surface area contributed by atoms with E-state index in [4.69, 9.17) is 16.3 Å². The molecule has 2 heterocycles. The lowest BCUT2D eigenvalue weighted by molar-refractivity contribution is -0.132. The van der Waals surface area contributed by atoms with Crippen molar-refractivity contribution < 1.29 is 19.4 Å². The third kappa shape index (κ3) is 4.25. The van der Waals surface area contributed by atoms with E-state index in [0.29, 0.717) is 33.6 Å². The second-order valence-electron chi connectivity index (χ2n) is 8.33. The molecule has 182 valence electrons. The molecule has 1 fully saturated rings. The Morgan fingerprint density at radius 3 is 2.56 bits per heavy atom. The van der Waals surface area contributed by atoms with Crippen molar-refractivity contribution >= 4 is 55.7 Å². The largest absolute Gasteiger partial charge is 0.507 e. The summed E-state index contributed by atoms with van der Waals surface area (Å²) in [4.78, 5) is 32.8. The van der Waals surface area contributed by atoms with Crippen LogP contribution in [-0.4, -0.2) is 28.4 Å². The Kier molecular flexibility index (Phi) is 6.51. The number of rotatable bonds is 6. The van der Waals surface area contributed by atoms with Crippen LogP contribution in [0.5, 0.6) is 5.75 Å². The number of ketones is 1. The number of carbonyl (C=O) groups excluding carboxylic acids is 2. The van der Waals surface area contributed by atoms with Gasteiger partial charge in [-0.25, -0.2) is 4.98 Å². The van der Waals surface area contributed by atoms with Gasteiger partial charge in [-0.05, 0) is 73.0 Å². The number of aromatic nitrogens is 1. The summed E-state index contributed by atoms with van der Waals surface area (Å²) in [5.74, 6) is -1.15. The molecule has 1 aliphatic rings. The molecular weight excluding hydrogens is 496 g/mol. The van der Waals surface area contributed by atoms with Gasteiger partial charge in [0.2, 0.25) is 0 Å². The molecule has 36 heavy (non-hydrogen) atoms. The fourth-order valence-electron chi connectivity index (χ4n) is 4.33. The highest BCUT2D eigenvalue weighted by atomic mass is 35.5. The number of carbonyl (C=O) groups is 2. The molecule has 4 aromatic rings. The number of benzene rings is 3. The van der Waals surface area contributed by atoms with Crippen molar-refractivity contribution in [2.24, 2.45) is 0 Å². The predicted octanol–water partition coefficient (Wildman–Crippen LogP) is 6.54. The molecule has 1 atom stereocenters. The molecular formula is C28H23ClN2O4S. The maximum absolute atomic E-state index is 13.4. The van der Waals surface area contributed by atoms with Gasteiger partial charge < -0.3 is 9.84 Å². The first kappa shape index (κ1) is 24.0. The molecule has 8 heteroatoms. The molecule has 0 spiro atoms. The van der Waals surface area contributed by atoms with Gasteiger partial charge in [-0.1, -0.05) is 48.1 Å². The van der Waals surface area contributed by atoms with Crippen LogP contribution in [0.2, 0.25) is 5.02 Å². The topological polar surface area (TPSA) is 79.7 Å². The number of ether oxygens (including phenoxy) is 1. The molecule has 1 N–H and O–H groups in total. The van der Waals surface area contributed by atoms with Crippen LogP contribution in [-0.2, 0) is 16.0 Å². The number of thiazole rings is 1. The second kappa shape index (κ2) is 9.76. The number of hydrogen-bond donors (Lipinski definition) is 1. The molecule has 0 unspecified atom stereocenters. The first-order chi connectivity index (χ1) is 17.4. The summed E-state index contributed by atoms with van der Waals surface area (Å²) in [5, 5.41) is 12.1. The zero-order chi connectivity index (χ0) is 25.4. The van der Waals surface area contributed by atoms with Crippen molar-refractivity contribution in [1.82, 2.24) is 4.98 Å². The van der Waals surface area contributed by atoms with E-state index < -0.39 is 17.7 Å². The molecule has 1 amide bonds. The quantitative estimate of drug-likeness (QED) is 0.178. The number of aryl methyl sites for hydroxylation is 1. The number of amides is 1. The number of fused-ring (bicyclic) bond motifs is 1. The van der Waals surface area contributed by atoms with E-state index >= 15 is 0 Å². The average Bonchev–Trinajstić information content (AvgIpc) is 3.42. The van der Waals surface area contributed by atoms with Gasteiger partial charge in [0.25, 0.3) is 5.78 Å². The molecule has 0 bridgehead atoms. The van der Waals surface area contributed by atoms with Crippen molar-refractivity contribution in [3.63, 3.8) is 0 Å². The summed E-state index contributed by atoms with van der Waals surface area (Å²) in [6, 6.07) is 18.8. The smallest absolute Gasteiger partial charge is 0.301 e. The highest BCUT2D eigenvalue weighted by molar-refractivity contribution is 7.22. The van der Waals surface area contributed by atoms with Crippen LogP contribution in [0.1, 0.15) is 36.6 Å². The Bertz CT molecular complexity index is 1510. The van der Waals surface area contributed by atoms with Gasteiger partial charge in [-0.3, -0.25) is 14.5 Å². The van der Waals surface area contributed by atoms with Gasteiger partial charge in [-0.2, -0.15) is 0 Å². The van der Waals surface area contributed by atoms with Gasteiger partial charge >= 0.3 is 5.91 Å². The van der Waals surface area contributed by atoms with Crippen LogP contribution in [0.3, 0.4) is 0 Å². The van der Waals surface area contributed by atoms with Crippen LogP contribution >= 0.6 is 22.9 Å². The molecule has 0 aliphatic carbocycles. The zero-order valence-corrected chi connectivity index (χ0v) is 21.3. The van der Waals surface area contributed by atoms with Crippen molar-refractivity contribution in [1.29, 1.82) is 0 Å². The van der Waals surface area contributed by atoms with E-state index in [0.717, 1.165) is 22.2 Å². The Morgan fingerprint density at radius 2 is 1.86 bits per heavy atom. The maximum Gasteiger partial charge on any atom is 0.301 e. The van der Waals surface area contributed by atoms with Crippen LogP contribution in [0.4, 0.5) is 5.13 Å². The number of aliphatic hydroxyl groups is 1. The van der Waals surface area contributed by atoms with Gasteiger partial charge in [0.05, 0.1) is 28.4 Å². The minimum absolute atomic E-state index is 0.0140. The van der Waals surface area contributed by atoms with Crippen LogP contribution in [0.25, 0.3) is 16.0 Å². The lowest BCUT2D eigenvalue weighted by atomic mass is 9.95. The van der Waals surface area contributed by atoms with E-state index in [2.05, 4.69) is 11.9 Å². The summed E-state index contributed by atoms with van der Waals surface area (Å²) in [5.41, 5.74) is 2.88. The normalized spacial score (nSPS) is 17.2. The lowest BCUT2D eigenvalue weighted by Crippen LogP contribution is -2.29. The van der Waals surface area contributed by atoms with Gasteiger partial charge in [0.1, 0.15) is 11.5 Å². The van der Waals surface area contributed by atoms with E-state index in [-0.39, 0.29) is 11.3 Å². The van der Waals surface area contributed by atoms with E-state index in [1.807, 2.05) is 25.1 Å². The monoisotopic (exact) mass is 518 g/mol. The van der Waals surface area contributed by atoms with Crippen LogP contribution in [0.15, 0.2) is 72.3 Å². The first-order valence-electron chi connectivity index (χ1n) is 11.6. The highest BCUT2D eigenvalue weighted by Crippen LogP contribution is 2.44. The molecule has 5 rings (SSSR count). The third-order valence-corrected chi connectivity index (χ3v) is 7.36. The van der Waals surface area contributed by atoms with E-state index in [1.165, 1.54) is 16.2 Å². The highest BCUT2D eigenvalue weighted by Gasteiger charge is 2.48. The van der Waals surface area contributed by atoms with Crippen molar-refractivity contribution in [2.45, 2.75) is 26.3 Å². The van der Waals surface area contributed by atoms with Crippen molar-refractivity contribution in [3.05, 3.63) is 94.0 Å². The number of halogens is 1. The first-order valence-corrected chi connectivity index (χ1v) is 12.8. The zero-order valence-electron chi connectivity index (χ0n) is 19.7. The minimum atomic E-state index is -0.888. The minimum Gasteiger partial charge on any atom is -0.507 e. The van der Waals surface area contributed by atoms with Crippen molar-refractivity contribution in [2.75, 3.05) is 11.5 Å².